The van der Waals surface area contributed by atoms with Gasteiger partial charge < -0.3 is 15.2 Å². The first-order valence-corrected chi connectivity index (χ1v) is 7.44. The number of carboxylic acid groups (broad SMARTS) is 1. The van der Waals surface area contributed by atoms with Crippen LogP contribution >= 0.6 is 0 Å². The number of aliphatic carboxylic acids is 1. The number of amides is 1. The summed E-state index contributed by atoms with van der Waals surface area (Å²) in [6.07, 6.45) is 0.393. The summed E-state index contributed by atoms with van der Waals surface area (Å²) in [6.45, 7) is 7.04. The molecule has 1 heterocycles. The quantitative estimate of drug-likeness (QED) is 0.895. The highest BCUT2D eigenvalue weighted by molar-refractivity contribution is 5.95. The number of rotatable bonds is 4. The molecule has 5 heteroatoms. The monoisotopic (exact) mass is 305 g/mol. The van der Waals surface area contributed by atoms with E-state index >= 15 is 0 Å². The lowest BCUT2D eigenvalue weighted by Gasteiger charge is -2.27. The number of ether oxygens (including phenoxy) is 1. The Kier molecular flexibility index (Phi) is 4.56. The molecule has 1 aliphatic rings. The molecule has 0 aromatic heterocycles. The molecule has 22 heavy (non-hydrogen) atoms. The van der Waals surface area contributed by atoms with Crippen molar-refractivity contribution in [3.8, 4) is 0 Å². The highest BCUT2D eigenvalue weighted by Crippen LogP contribution is 2.25. The molecule has 1 atom stereocenters. The van der Waals surface area contributed by atoms with E-state index in [1.807, 2.05) is 12.1 Å². The van der Waals surface area contributed by atoms with Gasteiger partial charge in [0.2, 0.25) is 0 Å². The summed E-state index contributed by atoms with van der Waals surface area (Å²) in [4.78, 5) is 23.4. The minimum Gasteiger partial charge on any atom is -0.481 e. The molecule has 1 aliphatic heterocycles. The van der Waals surface area contributed by atoms with Gasteiger partial charge in [-0.15, -0.1) is 0 Å². The Balaban J connectivity index is 2.12. The van der Waals surface area contributed by atoms with Gasteiger partial charge >= 0.3 is 5.97 Å². The van der Waals surface area contributed by atoms with Crippen molar-refractivity contribution >= 4 is 11.9 Å². The van der Waals surface area contributed by atoms with Crippen LogP contribution in [0, 0.1) is 0 Å². The van der Waals surface area contributed by atoms with E-state index in [0.29, 0.717) is 18.6 Å². The summed E-state index contributed by atoms with van der Waals surface area (Å²) in [7, 11) is 0. The number of benzene rings is 1. The number of hydrogen-bond donors (Lipinski definition) is 2. The van der Waals surface area contributed by atoms with Crippen LogP contribution in [0.25, 0.3) is 0 Å². The van der Waals surface area contributed by atoms with Crippen molar-refractivity contribution < 1.29 is 19.4 Å². The van der Waals surface area contributed by atoms with Crippen molar-refractivity contribution in [1.29, 1.82) is 0 Å². The fraction of sp³-hybridized carbons (Fsp3) is 0.529. The average molecular weight is 305 g/mol. The molecule has 1 amide bonds. The summed E-state index contributed by atoms with van der Waals surface area (Å²) in [5, 5.41) is 11.9. The number of nitrogens with one attached hydrogen (secondary N) is 1. The van der Waals surface area contributed by atoms with Gasteiger partial charge in [-0.3, -0.25) is 9.59 Å². The van der Waals surface area contributed by atoms with Crippen molar-refractivity contribution in [2.45, 2.75) is 44.6 Å². The third-order valence-corrected chi connectivity index (χ3v) is 3.98. The Morgan fingerprint density at radius 1 is 1.27 bits per heavy atom. The Bertz CT molecular complexity index is 551. The molecule has 5 nitrogen and oxygen atoms in total. The van der Waals surface area contributed by atoms with Crippen LogP contribution in [-0.2, 0) is 14.9 Å². The summed E-state index contributed by atoms with van der Waals surface area (Å²) in [5.41, 5.74) is 0.905. The summed E-state index contributed by atoms with van der Waals surface area (Å²) in [5.74, 6) is -1.19. The maximum atomic E-state index is 12.4. The predicted octanol–water partition coefficient (Wildman–Crippen LogP) is 2.35. The summed E-state index contributed by atoms with van der Waals surface area (Å²) >= 11 is 0. The van der Waals surface area contributed by atoms with Crippen LogP contribution in [0.1, 0.15) is 49.5 Å². The molecule has 2 N–H and O–H groups in total. The zero-order chi connectivity index (χ0) is 16.4. The van der Waals surface area contributed by atoms with Crippen molar-refractivity contribution in [2.24, 2.45) is 0 Å². The van der Waals surface area contributed by atoms with Gasteiger partial charge in [0, 0.05) is 12.2 Å². The van der Waals surface area contributed by atoms with E-state index in [1.54, 1.807) is 12.1 Å². The van der Waals surface area contributed by atoms with Crippen LogP contribution in [-0.4, -0.2) is 35.7 Å². The van der Waals surface area contributed by atoms with Crippen LogP contribution in [0.15, 0.2) is 24.3 Å². The van der Waals surface area contributed by atoms with Gasteiger partial charge in [-0.05, 0) is 29.5 Å². The van der Waals surface area contributed by atoms with Crippen LogP contribution in [0.5, 0.6) is 0 Å². The molecular formula is C17H23NO4. The van der Waals surface area contributed by atoms with Crippen molar-refractivity contribution in [1.82, 2.24) is 5.32 Å². The molecule has 0 bridgehead atoms. The molecule has 1 unspecified atom stereocenters. The predicted molar refractivity (Wildman–Crippen MR) is 83.0 cm³/mol. The highest BCUT2D eigenvalue weighted by atomic mass is 16.5. The third-order valence-electron chi connectivity index (χ3n) is 3.98. The Morgan fingerprint density at radius 3 is 2.36 bits per heavy atom. The molecule has 1 aromatic carbocycles. The summed E-state index contributed by atoms with van der Waals surface area (Å²) in [6, 6.07) is 7.42. The molecule has 120 valence electrons. The van der Waals surface area contributed by atoms with Crippen LogP contribution < -0.4 is 5.32 Å². The SMILES string of the molecule is CC(C)(C)c1ccc(C(=O)NC2(CC(=O)O)CCOC2)cc1. The third kappa shape index (κ3) is 3.85. The van der Waals surface area contributed by atoms with Crippen molar-refractivity contribution in [2.75, 3.05) is 13.2 Å². The number of carboxylic acids is 1. The zero-order valence-electron chi connectivity index (χ0n) is 13.3. The first-order valence-electron chi connectivity index (χ1n) is 7.44. The lowest BCUT2D eigenvalue weighted by molar-refractivity contribution is -0.138. The Labute approximate surface area is 130 Å². The normalized spacial score (nSPS) is 21.6. The van der Waals surface area contributed by atoms with E-state index in [4.69, 9.17) is 9.84 Å². The van der Waals surface area contributed by atoms with E-state index in [1.165, 1.54) is 0 Å². The first kappa shape index (κ1) is 16.5. The minimum atomic E-state index is -0.936. The molecule has 2 rings (SSSR count). The second kappa shape index (κ2) is 6.08. The standard InChI is InChI=1S/C17H23NO4/c1-16(2,3)13-6-4-12(5-7-13)15(21)18-17(10-14(19)20)8-9-22-11-17/h4-7H,8-11H2,1-3H3,(H,18,21)(H,19,20). The topological polar surface area (TPSA) is 75.6 Å². The van der Waals surface area contributed by atoms with Crippen molar-refractivity contribution in [3.63, 3.8) is 0 Å². The average Bonchev–Trinajstić information content (AvgIpc) is 2.85. The molecule has 0 radical (unpaired) electrons. The maximum absolute atomic E-state index is 12.4. The van der Waals surface area contributed by atoms with E-state index in [-0.39, 0.29) is 24.3 Å². The van der Waals surface area contributed by atoms with E-state index < -0.39 is 11.5 Å². The van der Waals surface area contributed by atoms with Crippen LogP contribution in [0.3, 0.4) is 0 Å². The molecular weight excluding hydrogens is 282 g/mol. The number of carbonyl (C=O) groups is 2. The van der Waals surface area contributed by atoms with E-state index in [2.05, 4.69) is 26.1 Å². The number of carbonyl (C=O) groups excluding carboxylic acids is 1. The second-order valence-electron chi connectivity index (χ2n) is 6.93. The maximum Gasteiger partial charge on any atom is 0.305 e. The zero-order valence-corrected chi connectivity index (χ0v) is 13.3. The fourth-order valence-corrected chi connectivity index (χ4v) is 2.61. The fourth-order valence-electron chi connectivity index (χ4n) is 2.61. The molecule has 1 aromatic rings. The van der Waals surface area contributed by atoms with Gasteiger partial charge in [0.05, 0.1) is 18.6 Å². The Hall–Kier alpha value is -1.88. The van der Waals surface area contributed by atoms with Gasteiger partial charge in [0.1, 0.15) is 0 Å². The largest absolute Gasteiger partial charge is 0.481 e. The molecule has 0 aliphatic carbocycles. The lowest BCUT2D eigenvalue weighted by atomic mass is 9.86. The molecule has 0 saturated carbocycles. The molecule has 1 fully saturated rings. The van der Waals surface area contributed by atoms with Gasteiger partial charge in [0.15, 0.2) is 0 Å². The van der Waals surface area contributed by atoms with Gasteiger partial charge in [0.25, 0.3) is 5.91 Å². The molecule has 1 saturated heterocycles. The van der Waals surface area contributed by atoms with Gasteiger partial charge in [-0.2, -0.15) is 0 Å². The summed E-state index contributed by atoms with van der Waals surface area (Å²) < 4.78 is 5.28. The molecule has 0 spiro atoms. The van der Waals surface area contributed by atoms with E-state index in [0.717, 1.165) is 5.56 Å². The highest BCUT2D eigenvalue weighted by Gasteiger charge is 2.38. The Morgan fingerprint density at radius 2 is 1.91 bits per heavy atom. The van der Waals surface area contributed by atoms with E-state index in [9.17, 15) is 9.59 Å². The van der Waals surface area contributed by atoms with Crippen molar-refractivity contribution in [3.05, 3.63) is 35.4 Å². The van der Waals surface area contributed by atoms with Crippen LogP contribution in [0.4, 0.5) is 0 Å². The minimum absolute atomic E-state index is 0.0266. The van der Waals surface area contributed by atoms with Gasteiger partial charge in [-0.1, -0.05) is 32.9 Å². The first-order chi connectivity index (χ1) is 10.2. The number of hydrogen-bond acceptors (Lipinski definition) is 3. The lowest BCUT2D eigenvalue weighted by Crippen LogP contribution is -2.50. The smallest absolute Gasteiger partial charge is 0.305 e. The van der Waals surface area contributed by atoms with Gasteiger partial charge in [-0.25, -0.2) is 0 Å². The van der Waals surface area contributed by atoms with Crippen LogP contribution in [0.2, 0.25) is 0 Å². The second-order valence-corrected chi connectivity index (χ2v) is 6.93.